The molecule has 2 aromatic heterocycles. The quantitative estimate of drug-likeness (QED) is 0.676. The number of benzene rings is 1. The summed E-state index contributed by atoms with van der Waals surface area (Å²) in [6.45, 7) is 6.41. The van der Waals surface area contributed by atoms with Crippen molar-refractivity contribution in [2.45, 2.75) is 26.2 Å². The van der Waals surface area contributed by atoms with Crippen molar-refractivity contribution >= 4 is 17.6 Å². The number of nitrogens with one attached hydrogen (secondary N) is 1. The van der Waals surface area contributed by atoms with Gasteiger partial charge in [-0.05, 0) is 29.2 Å². The van der Waals surface area contributed by atoms with Crippen molar-refractivity contribution in [3.63, 3.8) is 0 Å². The number of aromatic nitrogens is 3. The van der Waals surface area contributed by atoms with Crippen molar-refractivity contribution in [2.24, 2.45) is 0 Å². The van der Waals surface area contributed by atoms with Crippen LogP contribution in [-0.4, -0.2) is 31.9 Å². The van der Waals surface area contributed by atoms with Crippen LogP contribution in [0.4, 0.5) is 5.69 Å². The molecule has 148 valence electrons. The molecule has 2 heterocycles. The third-order valence-corrected chi connectivity index (χ3v) is 4.05. The van der Waals surface area contributed by atoms with Crippen LogP contribution in [0.3, 0.4) is 0 Å². The van der Waals surface area contributed by atoms with Crippen LogP contribution in [0.5, 0.6) is 11.6 Å². The van der Waals surface area contributed by atoms with E-state index in [2.05, 4.69) is 41.0 Å². The highest BCUT2D eigenvalue weighted by molar-refractivity contribution is 6.08. The summed E-state index contributed by atoms with van der Waals surface area (Å²) in [7, 11) is 0. The molecule has 0 saturated heterocycles. The number of carboxylic acids is 1. The minimum Gasteiger partial charge on any atom is -0.476 e. The molecule has 1 amide bonds. The molecule has 0 spiro atoms. The summed E-state index contributed by atoms with van der Waals surface area (Å²) >= 11 is 0. The van der Waals surface area contributed by atoms with Gasteiger partial charge in [-0.1, -0.05) is 32.9 Å². The van der Waals surface area contributed by atoms with Gasteiger partial charge >= 0.3 is 5.97 Å². The summed E-state index contributed by atoms with van der Waals surface area (Å²) in [5.74, 6) is -1.02. The Balaban J connectivity index is 1.68. The normalized spacial score (nSPS) is 11.0. The molecule has 0 bridgehead atoms. The lowest BCUT2D eigenvalue weighted by Gasteiger charge is -2.19. The van der Waals surface area contributed by atoms with Crippen molar-refractivity contribution in [2.75, 3.05) is 5.32 Å². The Morgan fingerprint density at radius 2 is 1.59 bits per heavy atom. The van der Waals surface area contributed by atoms with E-state index in [0.29, 0.717) is 17.3 Å². The summed E-state index contributed by atoms with van der Waals surface area (Å²) in [6, 6.07) is 11.0. The first-order valence-electron chi connectivity index (χ1n) is 8.84. The van der Waals surface area contributed by atoms with Crippen molar-refractivity contribution in [3.05, 3.63) is 71.9 Å². The molecule has 0 fully saturated rings. The number of carbonyl (C=O) groups excluding carboxylic acids is 1. The van der Waals surface area contributed by atoms with Gasteiger partial charge in [0, 0.05) is 18.5 Å². The molecule has 2 N–H and O–H groups in total. The summed E-state index contributed by atoms with van der Waals surface area (Å²) in [5.41, 5.74) is 0.921. The average molecular weight is 392 g/mol. The van der Waals surface area contributed by atoms with Gasteiger partial charge in [0.25, 0.3) is 5.91 Å². The zero-order valence-electron chi connectivity index (χ0n) is 16.2. The van der Waals surface area contributed by atoms with Crippen LogP contribution in [0, 0.1) is 0 Å². The SMILES string of the molecule is CC(C)(C)c1ccc(Oc2ccc(NC(=O)c3nccnc3C(=O)O)cn2)cc1. The van der Waals surface area contributed by atoms with Crippen molar-refractivity contribution in [1.29, 1.82) is 0 Å². The van der Waals surface area contributed by atoms with Crippen LogP contribution < -0.4 is 10.1 Å². The highest BCUT2D eigenvalue weighted by atomic mass is 16.5. The second-order valence-corrected chi connectivity index (χ2v) is 7.27. The molecule has 3 rings (SSSR count). The van der Waals surface area contributed by atoms with Crippen LogP contribution in [-0.2, 0) is 5.41 Å². The third kappa shape index (κ3) is 4.92. The van der Waals surface area contributed by atoms with Crippen LogP contribution >= 0.6 is 0 Å². The number of hydrogen-bond acceptors (Lipinski definition) is 6. The highest BCUT2D eigenvalue weighted by Crippen LogP contribution is 2.26. The predicted molar refractivity (Wildman–Crippen MR) is 106 cm³/mol. The number of carbonyl (C=O) groups is 2. The van der Waals surface area contributed by atoms with Crippen LogP contribution in [0.1, 0.15) is 47.3 Å². The van der Waals surface area contributed by atoms with Gasteiger partial charge in [-0.15, -0.1) is 0 Å². The molecule has 8 nitrogen and oxygen atoms in total. The minimum atomic E-state index is -1.33. The van der Waals surface area contributed by atoms with Gasteiger partial charge in [0.05, 0.1) is 11.9 Å². The lowest BCUT2D eigenvalue weighted by Crippen LogP contribution is -2.19. The maximum atomic E-state index is 12.3. The van der Waals surface area contributed by atoms with E-state index in [4.69, 9.17) is 9.84 Å². The topological polar surface area (TPSA) is 114 Å². The largest absolute Gasteiger partial charge is 0.476 e. The first kappa shape index (κ1) is 19.9. The zero-order chi connectivity index (χ0) is 21.0. The lowest BCUT2D eigenvalue weighted by molar-refractivity contribution is 0.0685. The summed E-state index contributed by atoms with van der Waals surface area (Å²) in [6.07, 6.45) is 3.87. The molecule has 0 aliphatic carbocycles. The monoisotopic (exact) mass is 392 g/mol. The first-order chi connectivity index (χ1) is 13.7. The predicted octanol–water partition coefficient (Wildman–Crippen LogP) is 3.91. The van der Waals surface area contributed by atoms with Gasteiger partial charge < -0.3 is 15.2 Å². The van der Waals surface area contributed by atoms with Crippen molar-refractivity contribution < 1.29 is 19.4 Å². The number of amides is 1. The summed E-state index contributed by atoms with van der Waals surface area (Å²) in [4.78, 5) is 35.1. The van der Waals surface area contributed by atoms with Gasteiger partial charge in [0.1, 0.15) is 5.75 Å². The standard InChI is InChI=1S/C21H20N4O4/c1-21(2,3)13-4-7-15(8-5-13)29-16-9-6-14(12-24-16)25-19(26)17-18(20(27)28)23-11-10-22-17/h4-12H,1-3H3,(H,25,26)(H,27,28). The fourth-order valence-electron chi connectivity index (χ4n) is 2.51. The Morgan fingerprint density at radius 3 is 2.14 bits per heavy atom. The van der Waals surface area contributed by atoms with Crippen LogP contribution in [0.25, 0.3) is 0 Å². The van der Waals surface area contributed by atoms with Gasteiger partial charge in [-0.3, -0.25) is 4.79 Å². The molecular weight excluding hydrogens is 372 g/mol. The average Bonchev–Trinajstić information content (AvgIpc) is 2.69. The van der Waals surface area contributed by atoms with Gasteiger partial charge in [0.2, 0.25) is 5.88 Å². The Bertz CT molecular complexity index is 1030. The number of anilines is 1. The fourth-order valence-corrected chi connectivity index (χ4v) is 2.51. The Morgan fingerprint density at radius 1 is 0.931 bits per heavy atom. The molecule has 29 heavy (non-hydrogen) atoms. The number of aromatic carboxylic acids is 1. The molecule has 0 aliphatic heterocycles. The van der Waals surface area contributed by atoms with Crippen LogP contribution in [0.15, 0.2) is 55.0 Å². The lowest BCUT2D eigenvalue weighted by atomic mass is 9.87. The van der Waals surface area contributed by atoms with E-state index < -0.39 is 17.6 Å². The number of carboxylic acid groups (broad SMARTS) is 1. The molecule has 0 unspecified atom stereocenters. The van der Waals surface area contributed by atoms with Gasteiger partial charge in [-0.25, -0.2) is 19.7 Å². The van der Waals surface area contributed by atoms with E-state index in [1.54, 1.807) is 12.1 Å². The summed E-state index contributed by atoms with van der Waals surface area (Å²) < 4.78 is 5.72. The zero-order valence-corrected chi connectivity index (χ0v) is 16.2. The van der Waals surface area contributed by atoms with E-state index in [-0.39, 0.29) is 11.1 Å². The number of pyridine rings is 1. The third-order valence-electron chi connectivity index (χ3n) is 4.05. The second kappa shape index (κ2) is 8.05. The molecule has 3 aromatic rings. The van der Waals surface area contributed by atoms with E-state index >= 15 is 0 Å². The number of rotatable bonds is 5. The van der Waals surface area contributed by atoms with Crippen molar-refractivity contribution in [3.8, 4) is 11.6 Å². The molecule has 8 heteroatoms. The van der Waals surface area contributed by atoms with Crippen molar-refractivity contribution in [1.82, 2.24) is 15.0 Å². The van der Waals surface area contributed by atoms with Crippen LogP contribution in [0.2, 0.25) is 0 Å². The molecular formula is C21H20N4O4. The minimum absolute atomic E-state index is 0.0558. The number of hydrogen-bond donors (Lipinski definition) is 2. The first-order valence-corrected chi connectivity index (χ1v) is 8.84. The molecule has 0 saturated carbocycles. The maximum absolute atomic E-state index is 12.3. The maximum Gasteiger partial charge on any atom is 0.356 e. The molecule has 0 radical (unpaired) electrons. The van der Waals surface area contributed by atoms with E-state index in [1.165, 1.54) is 24.2 Å². The molecule has 0 atom stereocenters. The highest BCUT2D eigenvalue weighted by Gasteiger charge is 2.19. The Labute approximate surface area is 167 Å². The Kier molecular flexibility index (Phi) is 5.54. The second-order valence-electron chi connectivity index (χ2n) is 7.27. The fraction of sp³-hybridized carbons (Fsp3) is 0.190. The Hall–Kier alpha value is -3.81. The molecule has 0 aliphatic rings. The van der Waals surface area contributed by atoms with Gasteiger partial charge in [0.15, 0.2) is 11.4 Å². The number of ether oxygens (including phenoxy) is 1. The number of nitrogens with zero attached hydrogens (tertiary/aromatic N) is 3. The smallest absolute Gasteiger partial charge is 0.356 e. The van der Waals surface area contributed by atoms with Gasteiger partial charge in [-0.2, -0.15) is 0 Å². The van der Waals surface area contributed by atoms with E-state index in [0.717, 1.165) is 0 Å². The van der Waals surface area contributed by atoms with E-state index in [9.17, 15) is 9.59 Å². The summed E-state index contributed by atoms with van der Waals surface area (Å²) in [5, 5.41) is 11.7. The van der Waals surface area contributed by atoms with E-state index in [1.807, 2.05) is 24.3 Å². The molecule has 1 aromatic carbocycles.